The number of hydrogen-bond acceptors (Lipinski definition) is 12. The molecule has 7 heterocycles. The van der Waals surface area contributed by atoms with Crippen molar-refractivity contribution in [1.29, 1.82) is 0 Å². The molecule has 1 N–H and O–H groups in total. The molecule has 2 aromatic carbocycles. The van der Waals surface area contributed by atoms with Crippen molar-refractivity contribution in [2.75, 3.05) is 57.2 Å². The topological polar surface area (TPSA) is 158 Å². The van der Waals surface area contributed by atoms with Crippen molar-refractivity contribution in [3.8, 4) is 22.7 Å². The van der Waals surface area contributed by atoms with Crippen molar-refractivity contribution < 1.29 is 37.0 Å². The number of hydrogen-bond donors (Lipinski definition) is 1. The van der Waals surface area contributed by atoms with Crippen LogP contribution >= 0.6 is 0 Å². The number of ether oxygens (including phenoxy) is 3. The third kappa shape index (κ3) is 7.69. The second-order valence-electron chi connectivity index (χ2n) is 17.1. The van der Waals surface area contributed by atoms with Crippen LogP contribution < -0.4 is 15.0 Å². The number of nitrogens with one attached hydrogen (secondary N) is 1. The number of fused-ring (bicyclic) bond motifs is 6. The minimum atomic E-state index is -0.929. The van der Waals surface area contributed by atoms with Crippen molar-refractivity contribution in [3.05, 3.63) is 78.3 Å². The minimum absolute atomic E-state index is 0.0749. The molecule has 0 spiro atoms. The fraction of sp³-hybridized carbons (Fsp3) is 0.419. The summed E-state index contributed by atoms with van der Waals surface area (Å²) in [7, 11) is 3.31. The summed E-state index contributed by atoms with van der Waals surface area (Å²) in [6, 6.07) is 9.14. The number of likely N-dealkylation sites (N-methyl/N-ethyl adjacent to an activating group) is 1. The van der Waals surface area contributed by atoms with Crippen LogP contribution in [-0.2, 0) is 20.8 Å². The van der Waals surface area contributed by atoms with Gasteiger partial charge in [0.15, 0.2) is 17.2 Å². The van der Waals surface area contributed by atoms with Crippen LogP contribution in [0.3, 0.4) is 0 Å². The fourth-order valence-electron chi connectivity index (χ4n) is 8.55. The number of pyridine rings is 1. The highest BCUT2D eigenvalue weighted by atomic mass is 19.1. The highest BCUT2D eigenvalue weighted by molar-refractivity contribution is 5.94. The number of carbonyl (C=O) groups is 2. The third-order valence-electron chi connectivity index (χ3n) is 11.4. The van der Waals surface area contributed by atoms with Crippen molar-refractivity contribution in [1.82, 2.24) is 44.1 Å². The Kier molecular flexibility index (Phi) is 10.4. The third-order valence-corrected chi connectivity index (χ3v) is 11.4. The smallest absolute Gasteiger partial charge is 0.410 e. The number of benzene rings is 2. The Hall–Kier alpha value is -6.50. The molecule has 0 aliphatic carbocycles. The molecule has 4 aromatic heterocycles. The number of imidazole rings is 1. The Morgan fingerprint density at radius 1 is 0.984 bits per heavy atom. The average molecular weight is 854 g/mol. The van der Waals surface area contributed by atoms with E-state index in [4.69, 9.17) is 19.2 Å². The molecule has 2 fully saturated rings. The number of methoxy groups -OCH3 is 1. The van der Waals surface area contributed by atoms with E-state index in [0.717, 1.165) is 12.1 Å². The van der Waals surface area contributed by atoms with E-state index in [1.54, 1.807) is 44.7 Å². The van der Waals surface area contributed by atoms with E-state index in [0.29, 0.717) is 77.7 Å². The van der Waals surface area contributed by atoms with Gasteiger partial charge in [-0.3, -0.25) is 4.79 Å². The number of aryl methyl sites for hydroxylation is 1. The first-order chi connectivity index (χ1) is 29.6. The Labute approximate surface area is 354 Å². The molecular weight excluding hydrogens is 808 g/mol. The molecule has 2 amide bonds. The maximum atomic E-state index is 15.9. The molecule has 3 aliphatic rings. The normalized spacial score (nSPS) is 19.7. The maximum absolute atomic E-state index is 15.9. The van der Waals surface area contributed by atoms with Gasteiger partial charge in [0.1, 0.15) is 52.8 Å². The van der Waals surface area contributed by atoms with Crippen LogP contribution in [-0.4, -0.2) is 127 Å². The number of aromatic nitrogens is 7. The molecule has 0 radical (unpaired) electrons. The molecule has 62 heavy (non-hydrogen) atoms. The Bertz CT molecular complexity index is 2710. The predicted octanol–water partition coefficient (Wildman–Crippen LogP) is 5.75. The second-order valence-corrected chi connectivity index (χ2v) is 17.1. The van der Waals surface area contributed by atoms with Crippen molar-refractivity contribution in [3.63, 3.8) is 0 Å². The summed E-state index contributed by atoms with van der Waals surface area (Å²) in [5, 5.41) is 8.42. The summed E-state index contributed by atoms with van der Waals surface area (Å²) in [6.07, 6.45) is 2.25. The standard InChI is InChI=1S/C43H46F3N11O5/c1-23-50-33-12-25(44)10-29-32-8-7-9-36(52-32)51-27-14-34(41(58)53(5)19-28(60-6)20-55(23)37(29)33)56(18-27)39-30-15-49-57(40(30)48-22-47-39)38-31(46)11-26(45)13-35(38)61-21-24-16-54(17-24)42(59)62-43(2,3)4/h7-13,15,22,24,27-28,34H,14,16-21H2,1-6H3,(H,51,52)/t27-,28+,34-/m0/s1. The van der Waals surface area contributed by atoms with Crippen molar-refractivity contribution in [2.24, 2.45) is 5.92 Å². The maximum Gasteiger partial charge on any atom is 0.410 e. The number of nitrogens with zero attached hydrogens (tertiary/aromatic N) is 10. The zero-order valence-corrected chi connectivity index (χ0v) is 35.1. The number of halogens is 3. The van der Waals surface area contributed by atoms with Gasteiger partial charge >= 0.3 is 6.09 Å². The van der Waals surface area contributed by atoms with Crippen LogP contribution in [0.5, 0.6) is 5.75 Å². The van der Waals surface area contributed by atoms with Gasteiger partial charge in [-0.2, -0.15) is 5.10 Å². The average Bonchev–Trinajstić information content (AvgIpc) is 3.90. The first kappa shape index (κ1) is 40.9. The van der Waals surface area contributed by atoms with Crippen LogP contribution in [0, 0.1) is 30.3 Å². The van der Waals surface area contributed by atoms with E-state index < -0.39 is 41.3 Å². The lowest BCUT2D eigenvalue weighted by Crippen LogP contribution is -2.53. The lowest BCUT2D eigenvalue weighted by Gasteiger charge is -2.39. The van der Waals surface area contributed by atoms with Crippen LogP contribution in [0.2, 0.25) is 0 Å². The van der Waals surface area contributed by atoms with Gasteiger partial charge in [0.2, 0.25) is 5.91 Å². The number of likely N-dealkylation sites (tertiary alicyclic amines) is 1. The quantitative estimate of drug-likeness (QED) is 0.217. The molecule has 2 saturated heterocycles. The van der Waals surface area contributed by atoms with Crippen LogP contribution in [0.4, 0.5) is 29.6 Å². The lowest BCUT2D eigenvalue weighted by molar-refractivity contribution is -0.132. The largest absolute Gasteiger partial charge is 0.491 e. The van der Waals surface area contributed by atoms with Gasteiger partial charge in [-0.25, -0.2) is 42.6 Å². The Morgan fingerprint density at radius 3 is 2.55 bits per heavy atom. The monoisotopic (exact) mass is 853 g/mol. The predicted molar refractivity (Wildman–Crippen MR) is 223 cm³/mol. The van der Waals surface area contributed by atoms with E-state index >= 15 is 8.78 Å². The molecule has 3 aliphatic heterocycles. The lowest BCUT2D eigenvalue weighted by atomic mass is 10.0. The molecule has 19 heteroatoms. The van der Waals surface area contributed by atoms with Crippen LogP contribution in [0.15, 0.2) is 55.0 Å². The van der Waals surface area contributed by atoms with Gasteiger partial charge in [0.25, 0.3) is 0 Å². The van der Waals surface area contributed by atoms with Gasteiger partial charge in [-0.15, -0.1) is 0 Å². The molecule has 324 valence electrons. The van der Waals surface area contributed by atoms with Gasteiger partial charge in [-0.1, -0.05) is 6.07 Å². The van der Waals surface area contributed by atoms with Crippen molar-refractivity contribution in [2.45, 2.75) is 64.4 Å². The van der Waals surface area contributed by atoms with Crippen LogP contribution in [0.25, 0.3) is 39.0 Å². The van der Waals surface area contributed by atoms with E-state index in [-0.39, 0.29) is 48.1 Å². The molecule has 6 aromatic rings. The minimum Gasteiger partial charge on any atom is -0.491 e. The highest BCUT2D eigenvalue weighted by Crippen LogP contribution is 2.37. The number of rotatable bonds is 6. The Morgan fingerprint density at radius 2 is 1.77 bits per heavy atom. The number of amides is 2. The van der Waals surface area contributed by atoms with Gasteiger partial charge in [0.05, 0.1) is 47.6 Å². The molecule has 4 bridgehead atoms. The SMILES string of the molecule is CO[C@@H]1CN(C)C(=O)[C@@H]2C[C@@H](CN2c2ncnc3c2cnn3-c2c(F)cc(F)cc2OCC2CN(C(=O)OC(C)(C)C)C2)Nc2cccc(n2)-c2cc(F)cc3nc(C)n(c23)C1. The fourth-order valence-corrected chi connectivity index (χ4v) is 8.55. The zero-order chi connectivity index (χ0) is 43.6. The summed E-state index contributed by atoms with van der Waals surface area (Å²) in [4.78, 5) is 50.8. The van der Waals surface area contributed by atoms with Gasteiger partial charge in [-0.05, 0) is 52.3 Å². The van der Waals surface area contributed by atoms with E-state index in [2.05, 4.69) is 25.4 Å². The Balaban J connectivity index is 1.04. The van der Waals surface area contributed by atoms with E-state index in [9.17, 15) is 14.0 Å². The summed E-state index contributed by atoms with van der Waals surface area (Å²) < 4.78 is 66.3. The first-order valence-electron chi connectivity index (χ1n) is 20.4. The second kappa shape index (κ2) is 15.8. The summed E-state index contributed by atoms with van der Waals surface area (Å²) in [5.74, 6) is -1.04. The van der Waals surface area contributed by atoms with Crippen LogP contribution in [0.1, 0.15) is 33.0 Å². The molecular formula is C43H46F3N11O5. The summed E-state index contributed by atoms with van der Waals surface area (Å²) >= 11 is 0. The highest BCUT2D eigenvalue weighted by Gasteiger charge is 2.41. The summed E-state index contributed by atoms with van der Waals surface area (Å²) in [6.45, 7) is 8.86. The number of carbonyl (C=O) groups excluding carboxylic acids is 2. The summed E-state index contributed by atoms with van der Waals surface area (Å²) in [5.41, 5.74) is 1.72. The van der Waals surface area contributed by atoms with Crippen molar-refractivity contribution >= 4 is 45.7 Å². The van der Waals surface area contributed by atoms with Gasteiger partial charge in [0, 0.05) is 76.1 Å². The first-order valence-corrected chi connectivity index (χ1v) is 20.4. The van der Waals surface area contributed by atoms with Gasteiger partial charge < -0.3 is 38.8 Å². The molecule has 16 nitrogen and oxygen atoms in total. The number of anilines is 2. The molecule has 0 saturated carbocycles. The zero-order valence-electron chi connectivity index (χ0n) is 35.1. The molecule has 9 rings (SSSR count). The van der Waals surface area contributed by atoms with E-state index in [1.165, 1.54) is 29.3 Å². The molecule has 3 atom stereocenters. The van der Waals surface area contributed by atoms with E-state index in [1.807, 2.05) is 34.6 Å². The molecule has 0 unspecified atom stereocenters.